The molecule has 1 aliphatic heterocycles. The van der Waals surface area contributed by atoms with E-state index in [4.69, 9.17) is 4.74 Å². The minimum atomic E-state index is -1.37. The van der Waals surface area contributed by atoms with Crippen LogP contribution < -0.4 is 0 Å². The molecule has 0 unspecified atom stereocenters. The topological polar surface area (TPSA) is 46.5 Å². The highest BCUT2D eigenvalue weighted by Crippen LogP contribution is 2.31. The maximum Gasteiger partial charge on any atom is 0.336 e. The van der Waals surface area contributed by atoms with E-state index in [1.807, 2.05) is 6.92 Å². The fourth-order valence-electron chi connectivity index (χ4n) is 1.38. The van der Waals surface area contributed by atoms with Gasteiger partial charge in [0.2, 0.25) is 5.79 Å². The third kappa shape index (κ3) is 1.16. The highest BCUT2D eigenvalue weighted by atomic mass is 16.7. The first kappa shape index (κ1) is 8.27. The van der Waals surface area contributed by atoms with Crippen LogP contribution in [0.5, 0.6) is 0 Å². The van der Waals surface area contributed by atoms with Crippen molar-refractivity contribution in [2.24, 2.45) is 0 Å². The standard InChI is InChI=1S/C8H12O3/c1-4-6-5(2)7(9)11-8(6,3)10/h10H,4H2,1-3H3/t8-/m0/s1. The van der Waals surface area contributed by atoms with Gasteiger partial charge in [-0.25, -0.2) is 4.79 Å². The molecule has 0 aliphatic carbocycles. The molecule has 0 saturated carbocycles. The van der Waals surface area contributed by atoms with Crippen LogP contribution in [-0.2, 0) is 9.53 Å². The van der Waals surface area contributed by atoms with Crippen LogP contribution in [0.25, 0.3) is 0 Å². The molecule has 1 aliphatic rings. The fraction of sp³-hybridized carbons (Fsp3) is 0.625. The molecule has 0 aromatic heterocycles. The number of esters is 1. The van der Waals surface area contributed by atoms with Crippen molar-refractivity contribution in [3.8, 4) is 0 Å². The van der Waals surface area contributed by atoms with Gasteiger partial charge in [0.15, 0.2) is 0 Å². The number of hydrogen-bond donors (Lipinski definition) is 1. The summed E-state index contributed by atoms with van der Waals surface area (Å²) in [4.78, 5) is 10.9. The van der Waals surface area contributed by atoms with E-state index in [9.17, 15) is 9.90 Å². The molecule has 0 fully saturated rings. The summed E-state index contributed by atoms with van der Waals surface area (Å²) in [6, 6.07) is 0. The summed E-state index contributed by atoms with van der Waals surface area (Å²) in [5.74, 6) is -1.78. The summed E-state index contributed by atoms with van der Waals surface area (Å²) in [5.41, 5.74) is 1.22. The second-order valence-corrected chi connectivity index (χ2v) is 2.83. The molecule has 0 aromatic carbocycles. The SMILES string of the molecule is CCC1=C(C)C(=O)O[C@]1(C)O. The highest BCUT2D eigenvalue weighted by molar-refractivity contribution is 5.92. The Morgan fingerprint density at radius 1 is 1.64 bits per heavy atom. The van der Waals surface area contributed by atoms with Crippen LogP contribution in [0.15, 0.2) is 11.1 Å². The number of carbonyl (C=O) groups is 1. The van der Waals surface area contributed by atoms with Crippen LogP contribution in [-0.4, -0.2) is 16.9 Å². The van der Waals surface area contributed by atoms with Crippen LogP contribution in [0.1, 0.15) is 27.2 Å². The molecular formula is C8H12O3. The van der Waals surface area contributed by atoms with Gasteiger partial charge in [0.25, 0.3) is 0 Å². The van der Waals surface area contributed by atoms with Crippen LogP contribution >= 0.6 is 0 Å². The van der Waals surface area contributed by atoms with Gasteiger partial charge in [0.1, 0.15) is 0 Å². The Bertz CT molecular complexity index is 225. The predicted octanol–water partition coefficient (Wildman–Crippen LogP) is 0.978. The molecule has 3 heteroatoms. The van der Waals surface area contributed by atoms with E-state index in [1.54, 1.807) is 6.92 Å². The summed E-state index contributed by atoms with van der Waals surface area (Å²) in [6.07, 6.45) is 0.643. The Morgan fingerprint density at radius 2 is 2.18 bits per heavy atom. The molecule has 62 valence electrons. The van der Waals surface area contributed by atoms with E-state index in [1.165, 1.54) is 6.92 Å². The van der Waals surface area contributed by atoms with Gasteiger partial charge >= 0.3 is 5.97 Å². The lowest BCUT2D eigenvalue weighted by molar-refractivity contribution is -0.175. The third-order valence-corrected chi connectivity index (χ3v) is 1.96. The molecule has 11 heavy (non-hydrogen) atoms. The van der Waals surface area contributed by atoms with Gasteiger partial charge in [-0.15, -0.1) is 0 Å². The maximum atomic E-state index is 10.9. The second-order valence-electron chi connectivity index (χ2n) is 2.83. The monoisotopic (exact) mass is 156 g/mol. The quantitative estimate of drug-likeness (QED) is 0.575. The van der Waals surface area contributed by atoms with E-state index in [0.29, 0.717) is 17.6 Å². The zero-order chi connectivity index (χ0) is 8.65. The van der Waals surface area contributed by atoms with Gasteiger partial charge in [0.05, 0.1) is 0 Å². The Morgan fingerprint density at radius 3 is 2.36 bits per heavy atom. The predicted molar refractivity (Wildman–Crippen MR) is 39.7 cm³/mol. The molecule has 1 rings (SSSR count). The Kier molecular flexibility index (Phi) is 1.76. The van der Waals surface area contributed by atoms with Crippen molar-refractivity contribution < 1.29 is 14.6 Å². The van der Waals surface area contributed by atoms with E-state index < -0.39 is 11.8 Å². The van der Waals surface area contributed by atoms with E-state index >= 15 is 0 Å². The lowest BCUT2D eigenvalue weighted by Crippen LogP contribution is -2.26. The van der Waals surface area contributed by atoms with Gasteiger partial charge in [0, 0.05) is 18.1 Å². The Labute approximate surface area is 65.7 Å². The Hall–Kier alpha value is -0.830. The largest absolute Gasteiger partial charge is 0.426 e. The number of rotatable bonds is 1. The van der Waals surface area contributed by atoms with Crippen LogP contribution in [0, 0.1) is 0 Å². The maximum absolute atomic E-state index is 10.9. The Balaban J connectivity index is 3.06. The van der Waals surface area contributed by atoms with Crippen molar-refractivity contribution in [1.29, 1.82) is 0 Å². The molecule has 0 bridgehead atoms. The first-order valence-electron chi connectivity index (χ1n) is 3.65. The summed E-state index contributed by atoms with van der Waals surface area (Å²) < 4.78 is 4.71. The third-order valence-electron chi connectivity index (χ3n) is 1.96. The molecule has 1 heterocycles. The lowest BCUT2D eigenvalue weighted by Gasteiger charge is -2.18. The number of cyclic esters (lactones) is 1. The zero-order valence-corrected chi connectivity index (χ0v) is 6.97. The molecule has 1 atom stereocenters. The van der Waals surface area contributed by atoms with E-state index in [2.05, 4.69) is 0 Å². The number of aliphatic hydroxyl groups is 1. The van der Waals surface area contributed by atoms with Crippen molar-refractivity contribution in [3.63, 3.8) is 0 Å². The molecule has 0 aromatic rings. The minimum absolute atomic E-state index is 0.410. The van der Waals surface area contributed by atoms with Crippen LogP contribution in [0.2, 0.25) is 0 Å². The first-order chi connectivity index (χ1) is 4.99. The number of hydrogen-bond acceptors (Lipinski definition) is 3. The van der Waals surface area contributed by atoms with Crippen molar-refractivity contribution in [2.75, 3.05) is 0 Å². The molecule has 0 amide bonds. The van der Waals surface area contributed by atoms with Crippen LogP contribution in [0.4, 0.5) is 0 Å². The van der Waals surface area contributed by atoms with E-state index in [-0.39, 0.29) is 0 Å². The molecule has 1 N–H and O–H groups in total. The lowest BCUT2D eigenvalue weighted by atomic mass is 10.0. The molecule has 3 nitrogen and oxygen atoms in total. The van der Waals surface area contributed by atoms with Gasteiger partial charge in [-0.2, -0.15) is 0 Å². The smallest absolute Gasteiger partial charge is 0.336 e. The minimum Gasteiger partial charge on any atom is -0.426 e. The number of carbonyl (C=O) groups excluding carboxylic acids is 1. The van der Waals surface area contributed by atoms with E-state index in [0.717, 1.165) is 0 Å². The van der Waals surface area contributed by atoms with Gasteiger partial charge < -0.3 is 9.84 Å². The average Bonchev–Trinajstić information content (AvgIpc) is 2.03. The van der Waals surface area contributed by atoms with Crippen molar-refractivity contribution in [2.45, 2.75) is 33.0 Å². The normalized spacial score (nSPS) is 31.1. The summed E-state index contributed by atoms with van der Waals surface area (Å²) in [5, 5.41) is 9.49. The molecule has 0 radical (unpaired) electrons. The number of ether oxygens (including phenoxy) is 1. The highest BCUT2D eigenvalue weighted by Gasteiger charge is 2.38. The van der Waals surface area contributed by atoms with Gasteiger partial charge in [-0.05, 0) is 13.3 Å². The second kappa shape index (κ2) is 2.34. The fourth-order valence-corrected chi connectivity index (χ4v) is 1.38. The average molecular weight is 156 g/mol. The zero-order valence-electron chi connectivity index (χ0n) is 6.97. The summed E-state index contributed by atoms with van der Waals surface area (Å²) >= 11 is 0. The van der Waals surface area contributed by atoms with Crippen LogP contribution in [0.3, 0.4) is 0 Å². The molecule has 0 saturated heterocycles. The van der Waals surface area contributed by atoms with Crippen molar-refractivity contribution in [3.05, 3.63) is 11.1 Å². The molecular weight excluding hydrogens is 144 g/mol. The van der Waals surface area contributed by atoms with Gasteiger partial charge in [-0.1, -0.05) is 6.92 Å². The summed E-state index contributed by atoms with van der Waals surface area (Å²) in [7, 11) is 0. The summed E-state index contributed by atoms with van der Waals surface area (Å²) in [6.45, 7) is 5.04. The van der Waals surface area contributed by atoms with Gasteiger partial charge in [-0.3, -0.25) is 0 Å². The first-order valence-corrected chi connectivity index (χ1v) is 3.65. The van der Waals surface area contributed by atoms with Crippen molar-refractivity contribution in [1.82, 2.24) is 0 Å². The van der Waals surface area contributed by atoms with Crippen molar-refractivity contribution >= 4 is 5.97 Å². The molecule has 0 spiro atoms.